The number of aryl methyl sites for hydroxylation is 1. The third-order valence-electron chi connectivity index (χ3n) is 6.64. The fraction of sp³-hybridized carbons (Fsp3) is 0.333. The van der Waals surface area contributed by atoms with Crippen LogP contribution in [0.5, 0.6) is 0 Å². The van der Waals surface area contributed by atoms with Gasteiger partial charge in [0.1, 0.15) is 0 Å². The Kier molecular flexibility index (Phi) is 5.60. The van der Waals surface area contributed by atoms with Crippen molar-refractivity contribution in [2.24, 2.45) is 0 Å². The second-order valence-corrected chi connectivity index (χ2v) is 10.3. The van der Waals surface area contributed by atoms with E-state index >= 15 is 0 Å². The topological polar surface area (TPSA) is 80.1 Å². The third kappa shape index (κ3) is 4.46. The molecule has 0 spiro atoms. The number of amides is 2. The first-order valence-corrected chi connectivity index (χ1v) is 13.1. The van der Waals surface area contributed by atoms with Gasteiger partial charge in [0.2, 0.25) is 0 Å². The van der Waals surface area contributed by atoms with Gasteiger partial charge in [-0.05, 0) is 67.8 Å². The molecule has 3 aromatic heterocycles. The molecule has 0 aliphatic heterocycles. The fourth-order valence-corrected chi connectivity index (χ4v) is 5.06. The fourth-order valence-electron chi connectivity index (χ4n) is 4.37. The maximum Gasteiger partial charge on any atom is 0.255 e. The molecule has 4 aromatic rings. The monoisotopic (exact) mass is 485 g/mol. The number of nitrogens with zero attached hydrogens (tertiary/aromatic N) is 4. The van der Waals surface area contributed by atoms with Crippen LogP contribution in [0.2, 0.25) is 0 Å². The van der Waals surface area contributed by atoms with Gasteiger partial charge in [0.15, 0.2) is 5.65 Å². The molecule has 7 nitrogen and oxygen atoms in total. The molecular formula is C27H27N5O2S. The van der Waals surface area contributed by atoms with E-state index in [-0.39, 0.29) is 17.9 Å². The van der Waals surface area contributed by atoms with Crippen LogP contribution in [0.25, 0.3) is 21.6 Å². The highest BCUT2D eigenvalue weighted by molar-refractivity contribution is 7.13. The number of rotatable bonds is 8. The molecule has 2 aliphatic carbocycles. The number of thiophene rings is 1. The molecule has 2 saturated carbocycles. The first-order valence-electron chi connectivity index (χ1n) is 12.2. The molecule has 0 unspecified atom stereocenters. The number of nitrogens with one attached hydrogen (secondary N) is 1. The summed E-state index contributed by atoms with van der Waals surface area (Å²) in [6.07, 6.45) is 5.91. The Bertz CT molecular complexity index is 1390. The van der Waals surface area contributed by atoms with Gasteiger partial charge in [-0.2, -0.15) is 5.10 Å². The summed E-state index contributed by atoms with van der Waals surface area (Å²) in [6, 6.07) is 14.1. The van der Waals surface area contributed by atoms with Crippen LogP contribution < -0.4 is 5.32 Å². The number of pyridine rings is 1. The lowest BCUT2D eigenvalue weighted by Crippen LogP contribution is -2.33. The standard InChI is InChI=1S/C27H27N5O2S/c1-2-32-25-22(15-28-32)21(14-23(30-25)24-4-3-13-35-24)27(34)31(20-11-12-20)16-17-5-7-18(8-6-17)26(33)29-19-9-10-19/h3-8,13-15,19-20H,2,9-12,16H2,1H3,(H,29,33). The van der Waals surface area contributed by atoms with Gasteiger partial charge in [0.05, 0.1) is 27.7 Å². The number of fused-ring (bicyclic) bond motifs is 1. The lowest BCUT2D eigenvalue weighted by atomic mass is 10.1. The summed E-state index contributed by atoms with van der Waals surface area (Å²) in [7, 11) is 0. The summed E-state index contributed by atoms with van der Waals surface area (Å²) in [5, 5.41) is 10.3. The molecule has 3 heterocycles. The molecule has 0 radical (unpaired) electrons. The van der Waals surface area contributed by atoms with E-state index in [4.69, 9.17) is 4.98 Å². The van der Waals surface area contributed by atoms with Crippen LogP contribution in [-0.2, 0) is 13.1 Å². The number of carbonyl (C=O) groups is 2. The predicted molar refractivity (Wildman–Crippen MR) is 136 cm³/mol. The Hall–Kier alpha value is -3.52. The summed E-state index contributed by atoms with van der Waals surface area (Å²) in [5.41, 5.74) is 3.86. The molecule has 2 aliphatic rings. The van der Waals surface area contributed by atoms with Crippen molar-refractivity contribution in [1.29, 1.82) is 0 Å². The molecule has 35 heavy (non-hydrogen) atoms. The number of carbonyl (C=O) groups excluding carboxylic acids is 2. The Morgan fingerprint density at radius 1 is 1.14 bits per heavy atom. The van der Waals surface area contributed by atoms with Crippen LogP contribution in [0.4, 0.5) is 0 Å². The van der Waals surface area contributed by atoms with E-state index in [1.54, 1.807) is 17.5 Å². The van der Waals surface area contributed by atoms with Gasteiger partial charge in [0.25, 0.3) is 11.8 Å². The van der Waals surface area contributed by atoms with Crippen molar-refractivity contribution in [2.45, 2.75) is 57.8 Å². The molecule has 2 fully saturated rings. The zero-order valence-electron chi connectivity index (χ0n) is 19.6. The van der Waals surface area contributed by atoms with Gasteiger partial charge in [-0.3, -0.25) is 9.59 Å². The average molecular weight is 486 g/mol. The Labute approximate surface area is 207 Å². The first kappa shape index (κ1) is 22.0. The number of hydrogen-bond donors (Lipinski definition) is 1. The smallest absolute Gasteiger partial charge is 0.255 e. The highest BCUT2D eigenvalue weighted by Gasteiger charge is 2.34. The number of benzene rings is 1. The van der Waals surface area contributed by atoms with Crippen molar-refractivity contribution in [3.63, 3.8) is 0 Å². The van der Waals surface area contributed by atoms with Crippen LogP contribution in [0, 0.1) is 0 Å². The van der Waals surface area contributed by atoms with Crippen LogP contribution in [0.1, 0.15) is 58.9 Å². The Balaban J connectivity index is 1.31. The highest BCUT2D eigenvalue weighted by Crippen LogP contribution is 2.33. The molecule has 0 saturated heterocycles. The average Bonchev–Trinajstić information content (AvgIpc) is 3.79. The van der Waals surface area contributed by atoms with E-state index in [1.165, 1.54) is 0 Å². The maximum absolute atomic E-state index is 14.0. The Morgan fingerprint density at radius 2 is 1.94 bits per heavy atom. The van der Waals surface area contributed by atoms with Crippen molar-refractivity contribution in [2.75, 3.05) is 0 Å². The van der Waals surface area contributed by atoms with Crippen molar-refractivity contribution in [3.05, 3.63) is 70.7 Å². The molecule has 178 valence electrons. The first-order chi connectivity index (χ1) is 17.1. The Morgan fingerprint density at radius 3 is 2.60 bits per heavy atom. The third-order valence-corrected chi connectivity index (χ3v) is 7.54. The minimum atomic E-state index is -0.0256. The van der Waals surface area contributed by atoms with Crippen LogP contribution in [0.3, 0.4) is 0 Å². The van der Waals surface area contributed by atoms with Crippen molar-refractivity contribution < 1.29 is 9.59 Å². The number of hydrogen-bond acceptors (Lipinski definition) is 5. The molecular weight excluding hydrogens is 458 g/mol. The van der Waals surface area contributed by atoms with Gasteiger partial charge >= 0.3 is 0 Å². The maximum atomic E-state index is 14.0. The minimum Gasteiger partial charge on any atom is -0.349 e. The summed E-state index contributed by atoms with van der Waals surface area (Å²) < 4.78 is 1.84. The van der Waals surface area contributed by atoms with Crippen molar-refractivity contribution >= 4 is 34.2 Å². The zero-order valence-corrected chi connectivity index (χ0v) is 20.4. The summed E-state index contributed by atoms with van der Waals surface area (Å²) in [6.45, 7) is 3.22. The largest absolute Gasteiger partial charge is 0.349 e. The SMILES string of the molecule is CCn1ncc2c(C(=O)N(Cc3ccc(C(=O)NC4CC4)cc3)C3CC3)cc(-c3cccs3)nc21. The van der Waals surface area contributed by atoms with Crippen LogP contribution >= 0.6 is 11.3 Å². The van der Waals surface area contributed by atoms with E-state index in [2.05, 4.69) is 10.4 Å². The predicted octanol–water partition coefficient (Wildman–Crippen LogP) is 4.88. The molecule has 2 amide bonds. The van der Waals surface area contributed by atoms with E-state index in [1.807, 2.05) is 64.4 Å². The lowest BCUT2D eigenvalue weighted by molar-refractivity contribution is 0.0731. The summed E-state index contributed by atoms with van der Waals surface area (Å²) >= 11 is 1.61. The van der Waals surface area contributed by atoms with Gasteiger partial charge in [-0.15, -0.1) is 11.3 Å². The van der Waals surface area contributed by atoms with Gasteiger partial charge < -0.3 is 10.2 Å². The molecule has 0 atom stereocenters. The second kappa shape index (κ2) is 8.92. The number of aromatic nitrogens is 3. The molecule has 8 heteroatoms. The molecule has 6 rings (SSSR count). The van der Waals surface area contributed by atoms with Gasteiger partial charge in [-0.25, -0.2) is 9.67 Å². The van der Waals surface area contributed by atoms with Crippen molar-refractivity contribution in [1.82, 2.24) is 25.0 Å². The molecule has 1 N–H and O–H groups in total. The minimum absolute atomic E-state index is 0.00362. The second-order valence-electron chi connectivity index (χ2n) is 9.34. The quantitative estimate of drug-likeness (QED) is 0.386. The van der Waals surface area contributed by atoms with E-state index in [0.717, 1.165) is 52.9 Å². The van der Waals surface area contributed by atoms with E-state index < -0.39 is 0 Å². The molecule has 1 aromatic carbocycles. The van der Waals surface area contributed by atoms with Gasteiger partial charge in [0, 0.05) is 30.7 Å². The van der Waals surface area contributed by atoms with Crippen LogP contribution in [-0.4, -0.2) is 43.6 Å². The molecule has 0 bridgehead atoms. The van der Waals surface area contributed by atoms with Crippen molar-refractivity contribution in [3.8, 4) is 10.6 Å². The van der Waals surface area contributed by atoms with E-state index in [9.17, 15) is 9.59 Å². The van der Waals surface area contributed by atoms with Gasteiger partial charge in [-0.1, -0.05) is 18.2 Å². The normalized spacial score (nSPS) is 15.3. The van der Waals surface area contributed by atoms with E-state index in [0.29, 0.717) is 30.3 Å². The summed E-state index contributed by atoms with van der Waals surface area (Å²) in [5.74, 6) is -0.0219. The van der Waals surface area contributed by atoms with Crippen LogP contribution in [0.15, 0.2) is 54.0 Å². The lowest BCUT2D eigenvalue weighted by Gasteiger charge is -2.23. The zero-order chi connectivity index (χ0) is 23.9. The highest BCUT2D eigenvalue weighted by atomic mass is 32.1. The summed E-state index contributed by atoms with van der Waals surface area (Å²) in [4.78, 5) is 34.1.